The summed E-state index contributed by atoms with van der Waals surface area (Å²) in [6.07, 6.45) is 9.02. The van der Waals surface area contributed by atoms with E-state index in [9.17, 15) is 0 Å². The second-order valence-corrected chi connectivity index (χ2v) is 6.61. The van der Waals surface area contributed by atoms with Gasteiger partial charge in [0.1, 0.15) is 0 Å². The zero-order valence-corrected chi connectivity index (χ0v) is 13.2. The van der Waals surface area contributed by atoms with Crippen molar-refractivity contribution in [2.45, 2.75) is 57.9 Å². The van der Waals surface area contributed by atoms with E-state index in [1.165, 1.54) is 44.1 Å². The topological polar surface area (TPSA) is 38.0 Å². The first-order valence-corrected chi connectivity index (χ1v) is 8.31. The van der Waals surface area contributed by atoms with Gasteiger partial charge in [0.25, 0.3) is 0 Å². The number of benzene rings is 1. The molecule has 1 aliphatic carbocycles. The van der Waals surface area contributed by atoms with Gasteiger partial charge >= 0.3 is 0 Å². The van der Waals surface area contributed by atoms with Gasteiger partial charge in [0.2, 0.25) is 0 Å². The van der Waals surface area contributed by atoms with Crippen LogP contribution in [0.4, 0.5) is 0 Å². The molecular weight excluding hydrogens is 268 g/mol. The van der Waals surface area contributed by atoms with E-state index in [1.54, 1.807) is 0 Å². The highest BCUT2D eigenvalue weighted by molar-refractivity contribution is 6.30. The van der Waals surface area contributed by atoms with Crippen molar-refractivity contribution in [1.82, 2.24) is 5.43 Å². The van der Waals surface area contributed by atoms with Crippen LogP contribution in [0.2, 0.25) is 5.02 Å². The lowest BCUT2D eigenvalue weighted by Gasteiger charge is -2.33. The third-order valence-corrected chi connectivity index (χ3v) is 4.95. The van der Waals surface area contributed by atoms with Crippen LogP contribution in [0.15, 0.2) is 24.3 Å². The predicted molar refractivity (Wildman–Crippen MR) is 86.6 cm³/mol. The minimum absolute atomic E-state index is 0.371. The summed E-state index contributed by atoms with van der Waals surface area (Å²) in [7, 11) is 0. The summed E-state index contributed by atoms with van der Waals surface area (Å²) in [6.45, 7) is 2.29. The molecule has 0 aliphatic heterocycles. The molecule has 112 valence electrons. The van der Waals surface area contributed by atoms with Crippen LogP contribution in [0.1, 0.15) is 51.0 Å². The summed E-state index contributed by atoms with van der Waals surface area (Å²) in [6, 6.07) is 8.50. The molecule has 1 fully saturated rings. The van der Waals surface area contributed by atoms with E-state index in [1.807, 2.05) is 12.1 Å². The molecule has 1 saturated carbocycles. The second kappa shape index (κ2) is 8.02. The van der Waals surface area contributed by atoms with Crippen molar-refractivity contribution in [3.05, 3.63) is 34.9 Å². The van der Waals surface area contributed by atoms with Crippen molar-refractivity contribution in [1.29, 1.82) is 0 Å². The van der Waals surface area contributed by atoms with E-state index in [2.05, 4.69) is 24.5 Å². The van der Waals surface area contributed by atoms with Gasteiger partial charge in [-0.3, -0.25) is 11.3 Å². The molecule has 0 saturated heterocycles. The first-order valence-electron chi connectivity index (χ1n) is 7.93. The van der Waals surface area contributed by atoms with Gasteiger partial charge in [-0.1, -0.05) is 56.3 Å². The van der Waals surface area contributed by atoms with Crippen molar-refractivity contribution >= 4 is 11.6 Å². The monoisotopic (exact) mass is 294 g/mol. The zero-order chi connectivity index (χ0) is 14.4. The molecule has 3 N–H and O–H groups in total. The van der Waals surface area contributed by atoms with Crippen LogP contribution >= 0.6 is 11.6 Å². The number of halogens is 1. The summed E-state index contributed by atoms with van der Waals surface area (Å²) < 4.78 is 0. The summed E-state index contributed by atoms with van der Waals surface area (Å²) in [5.41, 5.74) is 4.32. The quantitative estimate of drug-likeness (QED) is 0.606. The van der Waals surface area contributed by atoms with Crippen LogP contribution in [-0.2, 0) is 6.42 Å². The number of hydrazine groups is 1. The first kappa shape index (κ1) is 15.8. The first-order chi connectivity index (χ1) is 9.72. The molecule has 2 nitrogen and oxygen atoms in total. The maximum Gasteiger partial charge on any atom is 0.0408 e. The van der Waals surface area contributed by atoms with Crippen molar-refractivity contribution in [3.8, 4) is 0 Å². The molecule has 1 aromatic carbocycles. The SMILES string of the molecule is CCCC1CCC(C(Cc2cccc(Cl)c2)NN)CC1. The molecule has 0 amide bonds. The van der Waals surface area contributed by atoms with Crippen molar-refractivity contribution in [2.24, 2.45) is 17.7 Å². The van der Waals surface area contributed by atoms with Gasteiger partial charge < -0.3 is 0 Å². The fourth-order valence-electron chi connectivity index (χ4n) is 3.57. The van der Waals surface area contributed by atoms with Crippen LogP contribution in [0, 0.1) is 11.8 Å². The van der Waals surface area contributed by atoms with E-state index in [0.717, 1.165) is 17.4 Å². The Morgan fingerprint density at radius 1 is 1.30 bits per heavy atom. The van der Waals surface area contributed by atoms with Gasteiger partial charge in [-0.15, -0.1) is 0 Å². The average Bonchev–Trinajstić information content (AvgIpc) is 2.46. The van der Waals surface area contributed by atoms with Gasteiger partial charge in [-0.05, 0) is 48.8 Å². The third kappa shape index (κ3) is 4.47. The second-order valence-electron chi connectivity index (χ2n) is 6.18. The molecular formula is C17H27ClN2. The van der Waals surface area contributed by atoms with Gasteiger partial charge in [0, 0.05) is 11.1 Å². The Hall–Kier alpha value is -0.570. The average molecular weight is 295 g/mol. The van der Waals surface area contributed by atoms with E-state index >= 15 is 0 Å². The number of nitrogens with two attached hydrogens (primary N) is 1. The summed E-state index contributed by atoms with van der Waals surface area (Å²) in [5, 5.41) is 0.810. The van der Waals surface area contributed by atoms with Gasteiger partial charge in [-0.25, -0.2) is 0 Å². The minimum Gasteiger partial charge on any atom is -0.271 e. The largest absolute Gasteiger partial charge is 0.271 e. The maximum absolute atomic E-state index is 6.06. The summed E-state index contributed by atoms with van der Waals surface area (Å²) >= 11 is 6.06. The van der Waals surface area contributed by atoms with Crippen LogP contribution in [0.25, 0.3) is 0 Å². The highest BCUT2D eigenvalue weighted by Gasteiger charge is 2.26. The van der Waals surface area contributed by atoms with Gasteiger partial charge in [0.15, 0.2) is 0 Å². The fourth-order valence-corrected chi connectivity index (χ4v) is 3.78. The molecule has 20 heavy (non-hydrogen) atoms. The Kier molecular flexibility index (Phi) is 6.34. The summed E-state index contributed by atoms with van der Waals surface area (Å²) in [4.78, 5) is 0. The smallest absolute Gasteiger partial charge is 0.0408 e. The van der Waals surface area contributed by atoms with Crippen LogP contribution < -0.4 is 11.3 Å². The van der Waals surface area contributed by atoms with Crippen molar-refractivity contribution in [2.75, 3.05) is 0 Å². The minimum atomic E-state index is 0.371. The Morgan fingerprint density at radius 2 is 2.05 bits per heavy atom. The normalized spacial score (nSPS) is 24.6. The molecule has 0 aromatic heterocycles. The van der Waals surface area contributed by atoms with Crippen LogP contribution in [0.3, 0.4) is 0 Å². The molecule has 3 heteroatoms. The predicted octanol–water partition coefficient (Wildman–Crippen LogP) is 4.32. The number of hydrogen-bond donors (Lipinski definition) is 2. The molecule has 2 rings (SSSR count). The molecule has 1 aromatic rings. The lowest BCUT2D eigenvalue weighted by atomic mass is 9.76. The van der Waals surface area contributed by atoms with Crippen LogP contribution in [-0.4, -0.2) is 6.04 Å². The van der Waals surface area contributed by atoms with Crippen LogP contribution in [0.5, 0.6) is 0 Å². The zero-order valence-electron chi connectivity index (χ0n) is 12.4. The van der Waals surface area contributed by atoms with E-state index in [-0.39, 0.29) is 0 Å². The number of hydrogen-bond acceptors (Lipinski definition) is 2. The standard InChI is InChI=1S/C17H27ClN2/c1-2-4-13-7-9-15(10-8-13)17(20-19)12-14-5-3-6-16(18)11-14/h3,5-6,11,13,15,17,20H,2,4,7-10,12,19H2,1H3. The Labute approximate surface area is 128 Å². The Balaban J connectivity index is 1.89. The molecule has 1 unspecified atom stereocenters. The lowest BCUT2D eigenvalue weighted by molar-refractivity contribution is 0.213. The Bertz CT molecular complexity index is 400. The highest BCUT2D eigenvalue weighted by Crippen LogP contribution is 2.34. The fraction of sp³-hybridized carbons (Fsp3) is 0.647. The van der Waals surface area contributed by atoms with Crippen molar-refractivity contribution < 1.29 is 0 Å². The maximum atomic E-state index is 6.06. The van der Waals surface area contributed by atoms with E-state index < -0.39 is 0 Å². The summed E-state index contributed by atoms with van der Waals surface area (Å²) in [5.74, 6) is 7.45. The molecule has 0 bridgehead atoms. The van der Waals surface area contributed by atoms with Gasteiger partial charge in [0.05, 0.1) is 0 Å². The van der Waals surface area contributed by atoms with Crippen molar-refractivity contribution in [3.63, 3.8) is 0 Å². The lowest BCUT2D eigenvalue weighted by Crippen LogP contribution is -2.43. The van der Waals surface area contributed by atoms with E-state index in [0.29, 0.717) is 12.0 Å². The number of nitrogens with one attached hydrogen (secondary N) is 1. The molecule has 1 aliphatic rings. The third-order valence-electron chi connectivity index (χ3n) is 4.72. The molecule has 0 heterocycles. The molecule has 0 radical (unpaired) electrons. The Morgan fingerprint density at radius 3 is 2.65 bits per heavy atom. The van der Waals surface area contributed by atoms with E-state index in [4.69, 9.17) is 17.4 Å². The highest BCUT2D eigenvalue weighted by atomic mass is 35.5. The molecule has 1 atom stereocenters. The number of rotatable bonds is 6. The molecule has 0 spiro atoms. The van der Waals surface area contributed by atoms with Gasteiger partial charge in [-0.2, -0.15) is 0 Å².